The Balaban J connectivity index is 3.53. The van der Waals surface area contributed by atoms with Gasteiger partial charge in [-0.3, -0.25) is 4.79 Å². The molecule has 4 nitrogen and oxygen atoms in total. The van der Waals surface area contributed by atoms with Gasteiger partial charge in [0.05, 0.1) is 18.8 Å². The van der Waals surface area contributed by atoms with Crippen molar-refractivity contribution in [2.75, 3.05) is 6.61 Å². The maximum absolute atomic E-state index is 12.3. The number of amides is 1. The molecule has 0 rings (SSSR count). The van der Waals surface area contributed by atoms with Gasteiger partial charge in [0, 0.05) is 6.42 Å². The van der Waals surface area contributed by atoms with Gasteiger partial charge in [-0.05, 0) is 12.8 Å². The molecule has 240 valence electrons. The fraction of sp³-hybridized carbons (Fsp3) is 0.972. The van der Waals surface area contributed by atoms with E-state index in [1.54, 1.807) is 0 Å². The molecule has 0 bridgehead atoms. The smallest absolute Gasteiger partial charge is 0.220 e. The summed E-state index contributed by atoms with van der Waals surface area (Å²) in [4.78, 5) is 12.3. The molecule has 4 heteroatoms. The van der Waals surface area contributed by atoms with Crippen LogP contribution < -0.4 is 5.32 Å². The zero-order chi connectivity index (χ0) is 29.4. The highest BCUT2D eigenvalue weighted by Crippen LogP contribution is 2.16. The second kappa shape index (κ2) is 32.9. The van der Waals surface area contributed by atoms with Gasteiger partial charge in [0.25, 0.3) is 0 Å². The molecule has 0 saturated carbocycles. The Kier molecular flexibility index (Phi) is 32.4. The van der Waals surface area contributed by atoms with Crippen LogP contribution in [-0.2, 0) is 4.79 Å². The number of hydrogen-bond donors (Lipinski definition) is 3. The van der Waals surface area contributed by atoms with Crippen LogP contribution in [-0.4, -0.2) is 34.9 Å². The van der Waals surface area contributed by atoms with Crippen LogP contribution in [0.4, 0.5) is 0 Å². The minimum absolute atomic E-state index is 0.0299. The summed E-state index contributed by atoms with van der Waals surface area (Å²) in [5.41, 5.74) is 0. The van der Waals surface area contributed by atoms with Crippen LogP contribution in [0.1, 0.15) is 206 Å². The molecule has 0 unspecified atom stereocenters. The van der Waals surface area contributed by atoms with Crippen molar-refractivity contribution in [2.45, 2.75) is 219 Å². The van der Waals surface area contributed by atoms with Crippen LogP contribution in [0.3, 0.4) is 0 Å². The molecule has 0 aromatic heterocycles. The second-order valence-corrected chi connectivity index (χ2v) is 12.7. The molecule has 40 heavy (non-hydrogen) atoms. The Labute approximate surface area is 251 Å². The number of rotatable bonds is 33. The van der Waals surface area contributed by atoms with Gasteiger partial charge in [-0.2, -0.15) is 0 Å². The van der Waals surface area contributed by atoms with Crippen molar-refractivity contribution in [2.24, 2.45) is 0 Å². The van der Waals surface area contributed by atoms with E-state index in [1.807, 2.05) is 0 Å². The molecule has 1 amide bonds. The molecule has 0 radical (unpaired) electrons. The number of carbonyl (C=O) groups is 1. The first-order valence-electron chi connectivity index (χ1n) is 18.2. The molecular formula is C36H73NO3. The fourth-order valence-electron chi connectivity index (χ4n) is 5.77. The lowest BCUT2D eigenvalue weighted by Crippen LogP contribution is -2.45. The Morgan fingerprint density at radius 3 is 1.12 bits per heavy atom. The van der Waals surface area contributed by atoms with Crippen LogP contribution in [0.15, 0.2) is 0 Å². The minimum Gasteiger partial charge on any atom is -0.394 e. The summed E-state index contributed by atoms with van der Waals surface area (Å²) < 4.78 is 0. The van der Waals surface area contributed by atoms with E-state index in [4.69, 9.17) is 0 Å². The predicted molar refractivity (Wildman–Crippen MR) is 175 cm³/mol. The third-order valence-electron chi connectivity index (χ3n) is 8.62. The first-order valence-corrected chi connectivity index (χ1v) is 18.2. The summed E-state index contributed by atoms with van der Waals surface area (Å²) >= 11 is 0. The number of aliphatic hydroxyl groups is 2. The van der Waals surface area contributed by atoms with Gasteiger partial charge in [0.1, 0.15) is 0 Å². The van der Waals surface area contributed by atoms with Gasteiger partial charge in [0.2, 0.25) is 5.91 Å². The van der Waals surface area contributed by atoms with Gasteiger partial charge in [-0.1, -0.05) is 187 Å². The first-order chi connectivity index (χ1) is 19.7. The summed E-state index contributed by atoms with van der Waals surface area (Å²) in [6.45, 7) is 4.36. The Bertz CT molecular complexity index is 498. The molecule has 0 aliphatic rings. The molecule has 2 atom stereocenters. The maximum Gasteiger partial charge on any atom is 0.220 e. The van der Waals surface area contributed by atoms with Crippen molar-refractivity contribution in [1.82, 2.24) is 5.32 Å². The van der Waals surface area contributed by atoms with Crippen molar-refractivity contribution < 1.29 is 15.0 Å². The molecule has 0 spiro atoms. The molecule has 0 aliphatic carbocycles. The predicted octanol–water partition coefficient (Wildman–Crippen LogP) is 10.6. The van der Waals surface area contributed by atoms with E-state index in [0.29, 0.717) is 12.8 Å². The fourth-order valence-corrected chi connectivity index (χ4v) is 5.77. The highest BCUT2D eigenvalue weighted by molar-refractivity contribution is 5.76. The van der Waals surface area contributed by atoms with Crippen LogP contribution in [0.5, 0.6) is 0 Å². The molecule has 0 saturated heterocycles. The van der Waals surface area contributed by atoms with Gasteiger partial charge < -0.3 is 15.5 Å². The third-order valence-corrected chi connectivity index (χ3v) is 8.62. The zero-order valence-electron chi connectivity index (χ0n) is 27.4. The average Bonchev–Trinajstić information content (AvgIpc) is 2.96. The van der Waals surface area contributed by atoms with E-state index >= 15 is 0 Å². The van der Waals surface area contributed by atoms with E-state index in [2.05, 4.69) is 19.2 Å². The summed E-state index contributed by atoms with van der Waals surface area (Å²) in [5.74, 6) is -0.0299. The van der Waals surface area contributed by atoms with Crippen molar-refractivity contribution >= 4 is 5.91 Å². The lowest BCUT2D eigenvalue weighted by Gasteiger charge is -2.22. The molecule has 0 aromatic rings. The van der Waals surface area contributed by atoms with Gasteiger partial charge >= 0.3 is 0 Å². The number of unbranched alkanes of at least 4 members (excludes halogenated alkanes) is 26. The Morgan fingerprint density at radius 1 is 0.500 bits per heavy atom. The van der Waals surface area contributed by atoms with E-state index in [0.717, 1.165) is 25.7 Å². The monoisotopic (exact) mass is 568 g/mol. The van der Waals surface area contributed by atoms with Crippen molar-refractivity contribution in [1.29, 1.82) is 0 Å². The van der Waals surface area contributed by atoms with Crippen molar-refractivity contribution in [3.8, 4) is 0 Å². The topological polar surface area (TPSA) is 69.6 Å². The quantitative estimate of drug-likeness (QED) is 0.0691. The number of aliphatic hydroxyl groups excluding tert-OH is 2. The van der Waals surface area contributed by atoms with Crippen LogP contribution in [0.25, 0.3) is 0 Å². The summed E-state index contributed by atoms with van der Waals surface area (Å²) in [7, 11) is 0. The van der Waals surface area contributed by atoms with Crippen LogP contribution in [0.2, 0.25) is 0 Å². The molecule has 0 aliphatic heterocycles. The maximum atomic E-state index is 12.3. The molecular weight excluding hydrogens is 494 g/mol. The summed E-state index contributed by atoms with van der Waals surface area (Å²) in [6, 6.07) is -0.527. The largest absolute Gasteiger partial charge is 0.394 e. The molecule has 0 heterocycles. The summed E-state index contributed by atoms with van der Waals surface area (Å²) in [6.07, 6.45) is 37.2. The number of carbonyl (C=O) groups excluding carboxylic acids is 1. The normalized spacial score (nSPS) is 13.0. The van der Waals surface area contributed by atoms with E-state index in [1.165, 1.54) is 154 Å². The van der Waals surface area contributed by atoms with E-state index in [9.17, 15) is 15.0 Å². The Hall–Kier alpha value is -0.610. The Morgan fingerprint density at radius 2 is 0.800 bits per heavy atom. The van der Waals surface area contributed by atoms with Crippen LogP contribution in [0, 0.1) is 0 Å². The lowest BCUT2D eigenvalue weighted by molar-refractivity contribution is -0.123. The molecule has 0 fully saturated rings. The standard InChI is InChI=1S/C36H73NO3/c1-3-5-7-9-11-13-15-17-18-20-21-23-25-27-29-31-35(39)34(33-38)37-36(40)32-30-28-26-24-22-19-16-14-12-10-8-6-4-2/h34-35,38-39H,3-33H2,1-2H3,(H,37,40)/t34-,35+/m0/s1. The van der Waals surface area contributed by atoms with Crippen molar-refractivity contribution in [3.63, 3.8) is 0 Å². The highest BCUT2D eigenvalue weighted by Gasteiger charge is 2.19. The summed E-state index contributed by atoms with van der Waals surface area (Å²) in [5, 5.41) is 23.0. The number of nitrogens with one attached hydrogen (secondary N) is 1. The zero-order valence-corrected chi connectivity index (χ0v) is 27.4. The number of hydrogen-bond acceptors (Lipinski definition) is 3. The van der Waals surface area contributed by atoms with Gasteiger partial charge in [-0.15, -0.1) is 0 Å². The second-order valence-electron chi connectivity index (χ2n) is 12.7. The highest BCUT2D eigenvalue weighted by atomic mass is 16.3. The first kappa shape index (κ1) is 39.4. The van der Waals surface area contributed by atoms with Crippen LogP contribution >= 0.6 is 0 Å². The third kappa shape index (κ3) is 28.9. The van der Waals surface area contributed by atoms with Crippen molar-refractivity contribution in [3.05, 3.63) is 0 Å². The average molecular weight is 568 g/mol. The molecule has 0 aromatic carbocycles. The SMILES string of the molecule is CCCCCCCCCCCCCCCCC[C@@H](O)[C@H](CO)NC(=O)CCCCCCCCCCCCCCC. The van der Waals surface area contributed by atoms with Gasteiger partial charge in [-0.25, -0.2) is 0 Å². The van der Waals surface area contributed by atoms with Gasteiger partial charge in [0.15, 0.2) is 0 Å². The van der Waals surface area contributed by atoms with E-state index < -0.39 is 12.1 Å². The minimum atomic E-state index is -0.650. The molecule has 3 N–H and O–H groups in total. The lowest BCUT2D eigenvalue weighted by atomic mass is 10.0. The van der Waals surface area contributed by atoms with E-state index in [-0.39, 0.29) is 12.5 Å².